The normalized spacial score (nSPS) is 12.2. The molecule has 0 aromatic heterocycles. The zero-order valence-electron chi connectivity index (χ0n) is 9.86. The molecule has 94 valence electrons. The van der Waals surface area contributed by atoms with Gasteiger partial charge < -0.3 is 10.5 Å². The Hall–Kier alpha value is -1.94. The lowest BCUT2D eigenvalue weighted by Gasteiger charge is -2.08. The summed E-state index contributed by atoms with van der Waals surface area (Å²) in [5.41, 5.74) is 6.68. The molecule has 0 fully saturated rings. The summed E-state index contributed by atoms with van der Waals surface area (Å²) in [4.78, 5) is 0. The number of nitrogens with two attached hydrogens (primary N) is 1. The molecule has 0 unspecified atom stereocenters. The molecule has 4 heteroatoms. The van der Waals surface area contributed by atoms with Crippen LogP contribution in [0.5, 0.6) is 11.5 Å². The minimum atomic E-state index is -0.669. The maximum absolute atomic E-state index is 13.0. The van der Waals surface area contributed by atoms with E-state index >= 15 is 0 Å². The Kier molecular flexibility index (Phi) is 3.58. The SMILES string of the molecule is C[C@@H](N)c1ccc(Oc2cc(F)cc(F)c2)cc1. The van der Waals surface area contributed by atoms with E-state index in [0.29, 0.717) is 5.75 Å². The Labute approximate surface area is 104 Å². The van der Waals surface area contributed by atoms with Crippen LogP contribution in [-0.4, -0.2) is 0 Å². The van der Waals surface area contributed by atoms with E-state index in [1.807, 2.05) is 19.1 Å². The minimum absolute atomic E-state index is 0.0642. The van der Waals surface area contributed by atoms with Crippen LogP contribution in [0.15, 0.2) is 42.5 Å². The fourth-order valence-corrected chi connectivity index (χ4v) is 1.56. The first-order chi connectivity index (χ1) is 8.54. The van der Waals surface area contributed by atoms with Crippen molar-refractivity contribution in [2.24, 2.45) is 5.73 Å². The van der Waals surface area contributed by atoms with Gasteiger partial charge in [-0.2, -0.15) is 0 Å². The number of halogens is 2. The molecule has 0 spiro atoms. The fourth-order valence-electron chi connectivity index (χ4n) is 1.56. The highest BCUT2D eigenvalue weighted by Crippen LogP contribution is 2.24. The molecular formula is C14H13F2NO. The van der Waals surface area contributed by atoms with Gasteiger partial charge in [-0.15, -0.1) is 0 Å². The third-order valence-electron chi connectivity index (χ3n) is 2.48. The zero-order valence-corrected chi connectivity index (χ0v) is 9.86. The van der Waals surface area contributed by atoms with Crippen molar-refractivity contribution in [3.8, 4) is 11.5 Å². The first kappa shape index (κ1) is 12.5. The molecule has 1 atom stereocenters. The van der Waals surface area contributed by atoms with Crippen molar-refractivity contribution < 1.29 is 13.5 Å². The highest BCUT2D eigenvalue weighted by atomic mass is 19.1. The van der Waals surface area contributed by atoms with Crippen LogP contribution in [-0.2, 0) is 0 Å². The molecule has 0 saturated heterocycles. The van der Waals surface area contributed by atoms with Gasteiger partial charge in [0.15, 0.2) is 0 Å². The van der Waals surface area contributed by atoms with Gasteiger partial charge in [0.25, 0.3) is 0 Å². The van der Waals surface area contributed by atoms with E-state index in [1.54, 1.807) is 12.1 Å². The summed E-state index contributed by atoms with van der Waals surface area (Å²) in [6.45, 7) is 1.87. The summed E-state index contributed by atoms with van der Waals surface area (Å²) in [6, 6.07) is 10.0. The van der Waals surface area contributed by atoms with Crippen molar-refractivity contribution in [3.63, 3.8) is 0 Å². The lowest BCUT2D eigenvalue weighted by Crippen LogP contribution is -2.04. The lowest BCUT2D eigenvalue weighted by atomic mass is 10.1. The Morgan fingerprint density at radius 3 is 2.00 bits per heavy atom. The van der Waals surface area contributed by atoms with E-state index in [1.165, 1.54) is 0 Å². The number of hydrogen-bond acceptors (Lipinski definition) is 2. The van der Waals surface area contributed by atoms with Gasteiger partial charge in [-0.1, -0.05) is 12.1 Å². The first-order valence-electron chi connectivity index (χ1n) is 5.54. The molecular weight excluding hydrogens is 236 g/mol. The van der Waals surface area contributed by atoms with Gasteiger partial charge >= 0.3 is 0 Å². The largest absolute Gasteiger partial charge is 0.457 e. The monoisotopic (exact) mass is 249 g/mol. The average Bonchev–Trinajstić information content (AvgIpc) is 2.28. The standard InChI is InChI=1S/C14H13F2NO/c1-9(17)10-2-4-13(5-3-10)18-14-7-11(15)6-12(16)8-14/h2-9H,17H2,1H3/t9-/m1/s1. The smallest absolute Gasteiger partial charge is 0.133 e. The highest BCUT2D eigenvalue weighted by Gasteiger charge is 2.04. The first-order valence-corrected chi connectivity index (χ1v) is 5.54. The summed E-state index contributed by atoms with van der Waals surface area (Å²) < 4.78 is 31.3. The molecule has 2 aromatic rings. The van der Waals surface area contributed by atoms with Gasteiger partial charge in [-0.3, -0.25) is 0 Å². The van der Waals surface area contributed by atoms with E-state index in [-0.39, 0.29) is 11.8 Å². The quantitative estimate of drug-likeness (QED) is 0.898. The predicted octanol–water partition coefficient (Wildman–Crippen LogP) is 3.78. The van der Waals surface area contributed by atoms with Gasteiger partial charge in [0.05, 0.1) is 0 Å². The highest BCUT2D eigenvalue weighted by molar-refractivity contribution is 5.34. The maximum atomic E-state index is 13.0. The number of hydrogen-bond donors (Lipinski definition) is 1. The third-order valence-corrected chi connectivity index (χ3v) is 2.48. The van der Waals surface area contributed by atoms with E-state index in [0.717, 1.165) is 23.8 Å². The molecule has 0 aliphatic carbocycles. The Morgan fingerprint density at radius 1 is 0.944 bits per heavy atom. The van der Waals surface area contributed by atoms with Crippen molar-refractivity contribution in [2.45, 2.75) is 13.0 Å². The van der Waals surface area contributed by atoms with Crippen LogP contribution in [0.25, 0.3) is 0 Å². The van der Waals surface area contributed by atoms with Crippen LogP contribution < -0.4 is 10.5 Å². The Balaban J connectivity index is 2.18. The van der Waals surface area contributed by atoms with E-state index in [4.69, 9.17) is 10.5 Å². The second-order valence-electron chi connectivity index (χ2n) is 4.06. The van der Waals surface area contributed by atoms with Crippen molar-refractivity contribution in [1.29, 1.82) is 0 Å². The summed E-state index contributed by atoms with van der Waals surface area (Å²) in [5, 5.41) is 0. The van der Waals surface area contributed by atoms with Gasteiger partial charge in [-0.05, 0) is 24.6 Å². The predicted molar refractivity (Wildman–Crippen MR) is 65.5 cm³/mol. The van der Waals surface area contributed by atoms with E-state index in [2.05, 4.69) is 0 Å². The molecule has 2 aromatic carbocycles. The molecule has 2 N–H and O–H groups in total. The molecule has 0 aliphatic heterocycles. The summed E-state index contributed by atoms with van der Waals surface area (Å²) in [6.07, 6.45) is 0. The van der Waals surface area contributed by atoms with Crippen LogP contribution >= 0.6 is 0 Å². The summed E-state index contributed by atoms with van der Waals surface area (Å²) >= 11 is 0. The lowest BCUT2D eigenvalue weighted by molar-refractivity contribution is 0.468. The van der Waals surface area contributed by atoms with Crippen molar-refractivity contribution in [2.75, 3.05) is 0 Å². The molecule has 0 bridgehead atoms. The van der Waals surface area contributed by atoms with Crippen LogP contribution in [0.2, 0.25) is 0 Å². The van der Waals surface area contributed by atoms with E-state index < -0.39 is 11.6 Å². The number of ether oxygens (including phenoxy) is 1. The Bertz CT molecular complexity index is 518. The van der Waals surface area contributed by atoms with Crippen LogP contribution in [0.1, 0.15) is 18.5 Å². The summed E-state index contributed by atoms with van der Waals surface area (Å²) in [7, 11) is 0. The molecule has 0 heterocycles. The third kappa shape index (κ3) is 3.05. The molecule has 2 rings (SSSR count). The second-order valence-corrected chi connectivity index (χ2v) is 4.06. The molecule has 2 nitrogen and oxygen atoms in total. The molecule has 18 heavy (non-hydrogen) atoms. The van der Waals surface area contributed by atoms with Crippen LogP contribution in [0.4, 0.5) is 8.78 Å². The van der Waals surface area contributed by atoms with Gasteiger partial charge in [0.2, 0.25) is 0 Å². The Morgan fingerprint density at radius 2 is 1.50 bits per heavy atom. The number of rotatable bonds is 3. The van der Waals surface area contributed by atoms with Crippen LogP contribution in [0.3, 0.4) is 0 Å². The number of benzene rings is 2. The molecule has 0 aliphatic rings. The zero-order chi connectivity index (χ0) is 13.1. The van der Waals surface area contributed by atoms with Gasteiger partial charge in [0, 0.05) is 24.2 Å². The average molecular weight is 249 g/mol. The van der Waals surface area contributed by atoms with Gasteiger partial charge in [0.1, 0.15) is 23.1 Å². The molecule has 0 amide bonds. The van der Waals surface area contributed by atoms with Crippen LogP contribution in [0, 0.1) is 11.6 Å². The topological polar surface area (TPSA) is 35.2 Å². The van der Waals surface area contributed by atoms with Crippen molar-refractivity contribution >= 4 is 0 Å². The maximum Gasteiger partial charge on any atom is 0.133 e. The van der Waals surface area contributed by atoms with Gasteiger partial charge in [-0.25, -0.2) is 8.78 Å². The fraction of sp³-hybridized carbons (Fsp3) is 0.143. The van der Waals surface area contributed by atoms with Crippen molar-refractivity contribution in [1.82, 2.24) is 0 Å². The van der Waals surface area contributed by atoms with Crippen molar-refractivity contribution in [3.05, 3.63) is 59.7 Å². The summed E-state index contributed by atoms with van der Waals surface area (Å²) in [5.74, 6) is -0.708. The minimum Gasteiger partial charge on any atom is -0.457 e. The molecule has 0 radical (unpaired) electrons. The second kappa shape index (κ2) is 5.14. The van der Waals surface area contributed by atoms with E-state index in [9.17, 15) is 8.78 Å². The molecule has 0 saturated carbocycles.